The second kappa shape index (κ2) is 12.0. The fourth-order valence-corrected chi connectivity index (χ4v) is 3.24. The lowest BCUT2D eigenvalue weighted by atomic mass is 10.1. The van der Waals surface area contributed by atoms with E-state index in [4.69, 9.17) is 27.9 Å². The van der Waals surface area contributed by atoms with Gasteiger partial charge in [0.1, 0.15) is 11.6 Å². The van der Waals surface area contributed by atoms with E-state index in [-0.39, 0.29) is 31.5 Å². The van der Waals surface area contributed by atoms with E-state index in [0.717, 1.165) is 0 Å². The molecule has 10 heteroatoms. The number of ether oxygens (including phenoxy) is 1. The summed E-state index contributed by atoms with van der Waals surface area (Å²) in [5.74, 6) is -1.19. The van der Waals surface area contributed by atoms with Gasteiger partial charge < -0.3 is 20.7 Å². The standard InChI is InChI=1S/C24H20Cl2FN3O4/c25-17-5-10-21(20(26)13-17)34-14-22(31)28-11-12-29-23(32)15-3-8-19(9-4-15)30-24(33)16-1-6-18(27)7-2-16/h1-10,13H,11-12,14H2,(H,28,31)(H,29,32)(H,30,33). The van der Waals surface area contributed by atoms with Gasteiger partial charge in [0.2, 0.25) is 0 Å². The van der Waals surface area contributed by atoms with Crippen LogP contribution in [0.3, 0.4) is 0 Å². The van der Waals surface area contributed by atoms with Crippen molar-refractivity contribution < 1.29 is 23.5 Å². The van der Waals surface area contributed by atoms with Gasteiger partial charge in [-0.15, -0.1) is 0 Å². The third kappa shape index (κ3) is 7.47. The molecule has 0 fully saturated rings. The molecule has 0 spiro atoms. The highest BCUT2D eigenvalue weighted by molar-refractivity contribution is 6.35. The van der Waals surface area contributed by atoms with Crippen molar-refractivity contribution in [1.29, 1.82) is 0 Å². The van der Waals surface area contributed by atoms with Crippen LogP contribution in [-0.2, 0) is 4.79 Å². The van der Waals surface area contributed by atoms with Gasteiger partial charge in [0.25, 0.3) is 17.7 Å². The monoisotopic (exact) mass is 503 g/mol. The van der Waals surface area contributed by atoms with Crippen molar-refractivity contribution in [2.45, 2.75) is 0 Å². The molecule has 0 atom stereocenters. The molecule has 3 rings (SSSR count). The number of anilines is 1. The molecule has 3 amide bonds. The summed E-state index contributed by atoms with van der Waals surface area (Å²) < 4.78 is 18.3. The molecule has 34 heavy (non-hydrogen) atoms. The van der Waals surface area contributed by atoms with Crippen molar-refractivity contribution >= 4 is 46.6 Å². The first-order valence-electron chi connectivity index (χ1n) is 10.1. The number of carbonyl (C=O) groups is 3. The Labute approximate surface area is 205 Å². The van der Waals surface area contributed by atoms with Gasteiger partial charge in [-0.2, -0.15) is 0 Å². The fraction of sp³-hybridized carbons (Fsp3) is 0.125. The second-order valence-electron chi connectivity index (χ2n) is 7.01. The van der Waals surface area contributed by atoms with E-state index in [0.29, 0.717) is 32.6 Å². The Hall–Kier alpha value is -3.62. The number of halogens is 3. The summed E-state index contributed by atoms with van der Waals surface area (Å²) in [7, 11) is 0. The van der Waals surface area contributed by atoms with E-state index in [1.165, 1.54) is 30.3 Å². The normalized spacial score (nSPS) is 10.3. The van der Waals surface area contributed by atoms with E-state index >= 15 is 0 Å². The topological polar surface area (TPSA) is 96.5 Å². The molecule has 3 aromatic carbocycles. The number of carbonyl (C=O) groups excluding carboxylic acids is 3. The van der Waals surface area contributed by atoms with Crippen LogP contribution in [0.4, 0.5) is 10.1 Å². The zero-order valence-corrected chi connectivity index (χ0v) is 19.3. The minimum atomic E-state index is -0.428. The summed E-state index contributed by atoms with van der Waals surface area (Å²) in [6, 6.07) is 16.1. The summed E-state index contributed by atoms with van der Waals surface area (Å²) in [4.78, 5) is 36.3. The zero-order valence-electron chi connectivity index (χ0n) is 17.7. The van der Waals surface area contributed by atoms with Crippen LogP contribution in [0.5, 0.6) is 5.75 Å². The second-order valence-corrected chi connectivity index (χ2v) is 7.85. The van der Waals surface area contributed by atoms with Gasteiger partial charge in [-0.3, -0.25) is 14.4 Å². The maximum absolute atomic E-state index is 13.0. The molecule has 0 radical (unpaired) electrons. The first kappa shape index (κ1) is 25.0. The van der Waals surface area contributed by atoms with Crippen LogP contribution < -0.4 is 20.7 Å². The third-order valence-corrected chi connectivity index (χ3v) is 5.03. The van der Waals surface area contributed by atoms with Crippen LogP contribution in [0.1, 0.15) is 20.7 Å². The van der Waals surface area contributed by atoms with Crippen molar-refractivity contribution in [3.05, 3.63) is 93.7 Å². The minimum Gasteiger partial charge on any atom is -0.482 e. The van der Waals surface area contributed by atoms with Crippen LogP contribution in [0.2, 0.25) is 10.0 Å². The van der Waals surface area contributed by atoms with Gasteiger partial charge >= 0.3 is 0 Å². The first-order valence-corrected chi connectivity index (χ1v) is 10.9. The lowest BCUT2D eigenvalue weighted by Crippen LogP contribution is -2.36. The molecule has 0 heterocycles. The van der Waals surface area contributed by atoms with Crippen molar-refractivity contribution in [2.24, 2.45) is 0 Å². The number of hydrogen-bond donors (Lipinski definition) is 3. The number of hydrogen-bond acceptors (Lipinski definition) is 4. The summed E-state index contributed by atoms with van der Waals surface area (Å²) in [6.45, 7) is 0.170. The average Bonchev–Trinajstić information content (AvgIpc) is 2.82. The molecule has 0 saturated heterocycles. The smallest absolute Gasteiger partial charge is 0.258 e. The number of amides is 3. The summed E-state index contributed by atoms with van der Waals surface area (Å²) in [5, 5.41) is 8.73. The number of benzene rings is 3. The molecule has 0 aliphatic carbocycles. The summed E-state index contributed by atoms with van der Waals surface area (Å²) in [5.41, 5.74) is 1.18. The van der Waals surface area contributed by atoms with Crippen LogP contribution >= 0.6 is 23.2 Å². The predicted molar refractivity (Wildman–Crippen MR) is 128 cm³/mol. The average molecular weight is 504 g/mol. The molecule has 0 bridgehead atoms. The molecule has 0 aromatic heterocycles. The molecule has 0 unspecified atom stereocenters. The molecule has 0 saturated carbocycles. The lowest BCUT2D eigenvalue weighted by molar-refractivity contribution is -0.123. The van der Waals surface area contributed by atoms with Crippen molar-refractivity contribution in [3.63, 3.8) is 0 Å². The predicted octanol–water partition coefficient (Wildman–Crippen LogP) is 4.31. The van der Waals surface area contributed by atoms with Gasteiger partial charge in [0.05, 0.1) is 5.02 Å². The molecule has 176 valence electrons. The molecule has 0 aliphatic rings. The Morgan fingerprint density at radius 2 is 1.41 bits per heavy atom. The van der Waals surface area contributed by atoms with Gasteiger partial charge in [-0.1, -0.05) is 23.2 Å². The third-order valence-electron chi connectivity index (χ3n) is 4.50. The number of nitrogens with one attached hydrogen (secondary N) is 3. The van der Waals surface area contributed by atoms with Gasteiger partial charge in [0, 0.05) is 34.9 Å². The lowest BCUT2D eigenvalue weighted by Gasteiger charge is -2.10. The Bertz CT molecular complexity index is 1170. The summed E-state index contributed by atoms with van der Waals surface area (Å²) >= 11 is 11.8. The highest BCUT2D eigenvalue weighted by atomic mass is 35.5. The minimum absolute atomic E-state index is 0.202. The highest BCUT2D eigenvalue weighted by Crippen LogP contribution is 2.27. The van der Waals surface area contributed by atoms with E-state index in [1.54, 1.807) is 36.4 Å². The van der Waals surface area contributed by atoms with E-state index in [9.17, 15) is 18.8 Å². The van der Waals surface area contributed by atoms with Gasteiger partial charge in [-0.05, 0) is 66.7 Å². The SMILES string of the molecule is O=C(COc1ccc(Cl)cc1Cl)NCCNC(=O)c1ccc(NC(=O)c2ccc(F)cc2)cc1. The van der Waals surface area contributed by atoms with Gasteiger partial charge in [-0.25, -0.2) is 4.39 Å². The van der Waals surface area contributed by atoms with Crippen molar-refractivity contribution in [1.82, 2.24) is 10.6 Å². The maximum atomic E-state index is 13.0. The first-order chi connectivity index (χ1) is 16.3. The quantitative estimate of drug-likeness (QED) is 0.379. The Balaban J connectivity index is 1.37. The van der Waals surface area contributed by atoms with Crippen LogP contribution in [0.25, 0.3) is 0 Å². The molecule has 0 aliphatic heterocycles. The molecular formula is C24H20Cl2FN3O4. The van der Waals surface area contributed by atoms with Crippen LogP contribution in [0, 0.1) is 5.82 Å². The molecule has 3 aromatic rings. The molecule has 3 N–H and O–H groups in total. The Morgan fingerprint density at radius 3 is 2.09 bits per heavy atom. The van der Waals surface area contributed by atoms with E-state index in [2.05, 4.69) is 16.0 Å². The van der Waals surface area contributed by atoms with Crippen molar-refractivity contribution in [2.75, 3.05) is 25.0 Å². The van der Waals surface area contributed by atoms with Crippen LogP contribution in [-0.4, -0.2) is 37.4 Å². The Morgan fingerprint density at radius 1 is 0.794 bits per heavy atom. The van der Waals surface area contributed by atoms with E-state index < -0.39 is 11.7 Å². The summed E-state index contributed by atoms with van der Waals surface area (Å²) in [6.07, 6.45) is 0. The largest absolute Gasteiger partial charge is 0.482 e. The molecule has 7 nitrogen and oxygen atoms in total. The highest BCUT2D eigenvalue weighted by Gasteiger charge is 2.09. The number of rotatable bonds is 9. The maximum Gasteiger partial charge on any atom is 0.258 e. The van der Waals surface area contributed by atoms with Crippen molar-refractivity contribution in [3.8, 4) is 5.75 Å². The Kier molecular flexibility index (Phi) is 8.84. The fourth-order valence-electron chi connectivity index (χ4n) is 2.78. The van der Waals surface area contributed by atoms with Gasteiger partial charge in [0.15, 0.2) is 6.61 Å². The van der Waals surface area contributed by atoms with E-state index in [1.807, 2.05) is 0 Å². The molecular weight excluding hydrogens is 484 g/mol. The van der Waals surface area contributed by atoms with Crippen LogP contribution in [0.15, 0.2) is 66.7 Å². The zero-order chi connectivity index (χ0) is 24.5.